The van der Waals surface area contributed by atoms with Gasteiger partial charge < -0.3 is 20.6 Å². The Labute approximate surface area is 265 Å². The molecule has 1 aromatic heterocycles. The number of rotatable bonds is 11. The lowest BCUT2D eigenvalue weighted by atomic mass is 10.0. The van der Waals surface area contributed by atoms with Crippen LogP contribution in [0.5, 0.6) is 0 Å². The molecule has 0 saturated carbocycles. The predicted molar refractivity (Wildman–Crippen MR) is 170 cm³/mol. The lowest BCUT2D eigenvalue weighted by Crippen LogP contribution is -2.71. The van der Waals surface area contributed by atoms with E-state index in [2.05, 4.69) is 15.5 Å². The van der Waals surface area contributed by atoms with Gasteiger partial charge in [0.1, 0.15) is 29.9 Å². The summed E-state index contributed by atoms with van der Waals surface area (Å²) in [6.45, 7) is 0. The highest BCUT2D eigenvalue weighted by Crippen LogP contribution is 2.42. The third-order valence-electron chi connectivity index (χ3n) is 6.62. The van der Waals surface area contributed by atoms with E-state index in [0.717, 1.165) is 22.5 Å². The normalized spacial score (nSPS) is 18.1. The highest BCUT2D eigenvalue weighted by atomic mass is 32.2. The summed E-state index contributed by atoms with van der Waals surface area (Å²) in [7, 11) is 1.29. The van der Waals surface area contributed by atoms with E-state index in [1.165, 1.54) is 41.6 Å². The molecule has 11 nitrogen and oxygen atoms in total. The molecule has 1 saturated heterocycles. The summed E-state index contributed by atoms with van der Waals surface area (Å²) in [5.74, 6) is -1.03. The van der Waals surface area contributed by atoms with E-state index in [1.54, 1.807) is 10.8 Å². The van der Waals surface area contributed by atoms with Crippen LogP contribution in [0.4, 0.5) is 5.13 Å². The lowest BCUT2D eigenvalue weighted by Gasteiger charge is -2.49. The van der Waals surface area contributed by atoms with E-state index in [1.807, 2.05) is 66.7 Å². The Morgan fingerprint density at radius 1 is 1.23 bits per heavy atom. The zero-order chi connectivity index (χ0) is 31.1. The van der Waals surface area contributed by atoms with Crippen LogP contribution in [0.15, 0.2) is 94.0 Å². The first-order chi connectivity index (χ1) is 21.4. The number of carbonyl (C=O) groups excluding carboxylic acids is 3. The molecule has 3 N–H and O–H groups in total. The lowest BCUT2D eigenvalue weighted by molar-refractivity contribution is -0.154. The minimum absolute atomic E-state index is 0.127. The largest absolute Gasteiger partial charge is 0.448 e. The van der Waals surface area contributed by atoms with Crippen LogP contribution in [-0.2, 0) is 24.0 Å². The van der Waals surface area contributed by atoms with Crippen molar-refractivity contribution in [3.05, 3.63) is 106 Å². The second kappa shape index (κ2) is 14.3. The van der Waals surface area contributed by atoms with Crippen molar-refractivity contribution >= 4 is 63.5 Å². The molecule has 3 heterocycles. The molecule has 0 radical (unpaired) electrons. The first kappa shape index (κ1) is 30.9. The maximum absolute atomic E-state index is 14.0. The van der Waals surface area contributed by atoms with Crippen molar-refractivity contribution < 1.29 is 24.0 Å². The predicted octanol–water partition coefficient (Wildman–Crippen LogP) is 3.83. The highest BCUT2D eigenvalue weighted by molar-refractivity contribution is 8.02. The fourth-order valence-electron chi connectivity index (χ4n) is 4.66. The molecule has 0 spiro atoms. The number of nitriles is 1. The number of esters is 1. The number of nitrogens with two attached hydrogens (primary N) is 1. The van der Waals surface area contributed by atoms with Gasteiger partial charge >= 0.3 is 5.97 Å². The number of nitrogens with one attached hydrogen (secondary N) is 1. The number of carbonyl (C=O) groups is 3. The zero-order valence-corrected chi connectivity index (χ0v) is 25.7. The average Bonchev–Trinajstić information content (AvgIpc) is 3.49. The third kappa shape index (κ3) is 6.65. The third-order valence-corrected chi connectivity index (χ3v) is 9.47. The summed E-state index contributed by atoms with van der Waals surface area (Å²) in [6.07, 6.45) is 0.626. The van der Waals surface area contributed by atoms with Crippen molar-refractivity contribution in [2.45, 2.75) is 17.5 Å². The monoisotopic (exact) mass is 646 g/mol. The van der Waals surface area contributed by atoms with Gasteiger partial charge in [-0.1, -0.05) is 65.8 Å². The molecule has 14 heteroatoms. The van der Waals surface area contributed by atoms with Gasteiger partial charge in [-0.3, -0.25) is 14.5 Å². The zero-order valence-electron chi connectivity index (χ0n) is 23.3. The summed E-state index contributed by atoms with van der Waals surface area (Å²) in [5.41, 5.74) is 8.18. The molecule has 0 bridgehead atoms. The Bertz CT molecular complexity index is 1630. The van der Waals surface area contributed by atoms with Gasteiger partial charge in [-0.2, -0.15) is 5.26 Å². The van der Waals surface area contributed by atoms with E-state index in [-0.39, 0.29) is 22.2 Å². The number of β-lactam (4-membered cyclic amide) rings is 1. The maximum Gasteiger partial charge on any atom is 0.356 e. The van der Waals surface area contributed by atoms with Gasteiger partial charge in [0.15, 0.2) is 16.9 Å². The smallest absolute Gasteiger partial charge is 0.356 e. The number of anilines is 1. The molecule has 2 aliphatic rings. The number of hydrogen-bond donors (Lipinski definition) is 2. The molecule has 2 aromatic carbocycles. The van der Waals surface area contributed by atoms with Gasteiger partial charge in [0.05, 0.1) is 6.07 Å². The van der Waals surface area contributed by atoms with E-state index >= 15 is 0 Å². The topological polar surface area (TPSA) is 160 Å². The summed E-state index contributed by atoms with van der Waals surface area (Å²) in [6, 6.07) is 19.7. The molecule has 1 fully saturated rings. The molecule has 2 atom stereocenters. The molecular formula is C30H26N6O5S3. The number of thioether (sulfide) groups is 2. The van der Waals surface area contributed by atoms with Crippen LogP contribution in [0, 0.1) is 11.3 Å². The molecule has 1 unspecified atom stereocenters. The Hall–Kier alpha value is -4.58. The van der Waals surface area contributed by atoms with E-state index in [4.69, 9.17) is 20.6 Å². The van der Waals surface area contributed by atoms with Crippen LogP contribution in [0.25, 0.3) is 0 Å². The van der Waals surface area contributed by atoms with Gasteiger partial charge in [-0.15, -0.1) is 34.9 Å². The van der Waals surface area contributed by atoms with E-state index in [0.29, 0.717) is 17.1 Å². The van der Waals surface area contributed by atoms with Crippen molar-refractivity contribution in [1.29, 1.82) is 5.26 Å². The second-order valence-electron chi connectivity index (χ2n) is 9.36. The highest BCUT2D eigenvalue weighted by Gasteiger charge is 2.55. The van der Waals surface area contributed by atoms with Crippen molar-refractivity contribution in [3.8, 4) is 6.07 Å². The van der Waals surface area contributed by atoms with Gasteiger partial charge in [0.2, 0.25) is 0 Å². The van der Waals surface area contributed by atoms with E-state index < -0.39 is 35.3 Å². The average molecular weight is 647 g/mol. The number of nitrogen functional groups attached to an aromatic ring is 1. The minimum atomic E-state index is -0.930. The molecule has 3 aromatic rings. The number of ether oxygens (including phenoxy) is 1. The quantitative estimate of drug-likeness (QED) is 0.103. The van der Waals surface area contributed by atoms with Crippen molar-refractivity contribution in [2.24, 2.45) is 5.16 Å². The number of thiazole rings is 1. The van der Waals surface area contributed by atoms with Gasteiger partial charge in [0.25, 0.3) is 11.8 Å². The Morgan fingerprint density at radius 3 is 2.50 bits per heavy atom. The summed E-state index contributed by atoms with van der Waals surface area (Å²) in [5, 5.41) is 18.3. The van der Waals surface area contributed by atoms with Crippen LogP contribution < -0.4 is 11.1 Å². The fourth-order valence-corrected chi connectivity index (χ4v) is 7.38. The number of amides is 2. The van der Waals surface area contributed by atoms with Crippen LogP contribution in [0.2, 0.25) is 0 Å². The Morgan fingerprint density at radius 2 is 1.91 bits per heavy atom. The van der Waals surface area contributed by atoms with Crippen LogP contribution >= 0.6 is 34.9 Å². The van der Waals surface area contributed by atoms with Crippen LogP contribution in [0.1, 0.15) is 22.9 Å². The molecule has 0 aliphatic carbocycles. The number of fused-ring (bicyclic) bond motifs is 1. The number of oxime groups is 1. The van der Waals surface area contributed by atoms with Crippen molar-refractivity contribution in [3.63, 3.8) is 0 Å². The Balaban J connectivity index is 1.42. The second-order valence-corrected chi connectivity index (χ2v) is 12.2. The molecule has 5 rings (SSSR count). The van der Waals surface area contributed by atoms with Crippen LogP contribution in [0.3, 0.4) is 0 Å². The number of hydrogen-bond acceptors (Lipinski definition) is 12. The molecular weight excluding hydrogens is 621 g/mol. The summed E-state index contributed by atoms with van der Waals surface area (Å²) >= 11 is 3.88. The number of allylic oxidation sites excluding steroid dienone is 1. The summed E-state index contributed by atoms with van der Waals surface area (Å²) in [4.78, 5) is 51.1. The molecule has 44 heavy (non-hydrogen) atoms. The van der Waals surface area contributed by atoms with Crippen LogP contribution in [-0.4, -0.2) is 63.4 Å². The first-order valence-corrected chi connectivity index (χ1v) is 16.2. The number of aromatic nitrogens is 1. The standard InChI is InChI=1S/C30H26N6O5S3/c1-40-35-22(21-17-44-30(32)33-21)26(37)34-23-27(38)36-24(20(16-43-28(23)36)15-42-14-8-13-31)29(39)41-25(18-9-4-2-5-10-18)19-11-6-3-7-12-19/h2-12,14,17,23,25,28H,15-16H2,1H3,(H2,32,33)(H,34,37)/b14-8+,35-22?/t23?,28-/m1/s1. The molecule has 2 amide bonds. The molecule has 224 valence electrons. The van der Waals surface area contributed by atoms with Crippen molar-refractivity contribution in [2.75, 3.05) is 24.3 Å². The molecule has 2 aliphatic heterocycles. The van der Waals surface area contributed by atoms with E-state index in [9.17, 15) is 14.4 Å². The first-order valence-electron chi connectivity index (χ1n) is 13.2. The van der Waals surface area contributed by atoms with Gasteiger partial charge in [-0.25, -0.2) is 9.78 Å². The number of benzene rings is 2. The summed E-state index contributed by atoms with van der Waals surface area (Å²) < 4.78 is 6.15. The maximum atomic E-state index is 14.0. The fraction of sp³-hybridized carbons (Fsp3) is 0.200. The van der Waals surface area contributed by atoms with Crippen molar-refractivity contribution in [1.82, 2.24) is 15.2 Å². The van der Waals surface area contributed by atoms with Gasteiger partial charge in [-0.05, 0) is 22.1 Å². The number of nitrogens with zero attached hydrogens (tertiary/aromatic N) is 4. The van der Waals surface area contributed by atoms with Gasteiger partial charge in [0, 0.05) is 23.0 Å². The SMILES string of the molecule is CON=C(C(=O)NC1C(=O)N2C(C(=O)OC(c3ccccc3)c3ccccc3)=C(CS/C=C/C#N)CS[C@H]12)c1csc(N)n1. The minimum Gasteiger partial charge on any atom is -0.448 e. The Kier molecular flexibility index (Phi) is 10.0.